The van der Waals surface area contributed by atoms with E-state index in [0.29, 0.717) is 28.4 Å². The van der Waals surface area contributed by atoms with Crippen LogP contribution in [-0.4, -0.2) is 40.8 Å². The minimum Gasteiger partial charge on any atom is -0.494 e. The highest BCUT2D eigenvalue weighted by molar-refractivity contribution is 6.06. The second-order valence-corrected chi connectivity index (χ2v) is 11.3. The zero-order valence-electron chi connectivity index (χ0n) is 24.1. The van der Waals surface area contributed by atoms with E-state index in [1.807, 2.05) is 33.0 Å². The number of aryl methyl sites for hydroxylation is 2. The molecule has 0 spiro atoms. The Hall–Kier alpha value is -3.82. The van der Waals surface area contributed by atoms with Gasteiger partial charge in [0.25, 0.3) is 5.91 Å². The van der Waals surface area contributed by atoms with Crippen LogP contribution < -0.4 is 26.6 Å². The van der Waals surface area contributed by atoms with Gasteiger partial charge in [0.15, 0.2) is 0 Å². The summed E-state index contributed by atoms with van der Waals surface area (Å²) in [6.07, 6.45) is 4.56. The molecule has 2 aromatic carbocycles. The van der Waals surface area contributed by atoms with E-state index < -0.39 is 0 Å². The molecule has 9 nitrogen and oxygen atoms in total. The Kier molecular flexibility index (Phi) is 8.04. The van der Waals surface area contributed by atoms with Crippen LogP contribution >= 0.6 is 0 Å². The summed E-state index contributed by atoms with van der Waals surface area (Å²) >= 11 is 0. The number of methoxy groups -OCH3 is 1. The highest BCUT2D eigenvalue weighted by atomic mass is 16.5. The molecule has 0 bridgehead atoms. The van der Waals surface area contributed by atoms with E-state index in [1.54, 1.807) is 36.3 Å². The molecule has 1 saturated heterocycles. The summed E-state index contributed by atoms with van der Waals surface area (Å²) in [5, 5.41) is 8.80. The fourth-order valence-electron chi connectivity index (χ4n) is 4.65. The number of rotatable bonds is 8. The number of aromatic nitrogens is 2. The van der Waals surface area contributed by atoms with Gasteiger partial charge >= 0.3 is 0 Å². The van der Waals surface area contributed by atoms with Crippen LogP contribution in [0.15, 0.2) is 42.7 Å². The zero-order valence-corrected chi connectivity index (χ0v) is 24.1. The van der Waals surface area contributed by atoms with E-state index in [1.165, 1.54) is 11.4 Å². The number of likely N-dealkylation sites (tertiary alicyclic amines) is 1. The monoisotopic (exact) mass is 531 g/mol. The van der Waals surface area contributed by atoms with Gasteiger partial charge in [-0.15, -0.1) is 0 Å². The highest BCUT2D eigenvalue weighted by Crippen LogP contribution is 2.37. The van der Waals surface area contributed by atoms with Crippen molar-refractivity contribution in [3.8, 4) is 5.75 Å². The lowest BCUT2D eigenvalue weighted by molar-refractivity contribution is 0.102. The molecule has 0 aliphatic carbocycles. The lowest BCUT2D eigenvalue weighted by atomic mass is 9.85. The van der Waals surface area contributed by atoms with Crippen molar-refractivity contribution in [1.29, 1.82) is 0 Å². The number of nitrogens with zero attached hydrogens (tertiary/aromatic N) is 4. The molecule has 9 heteroatoms. The van der Waals surface area contributed by atoms with E-state index in [9.17, 15) is 4.79 Å². The first-order valence-electron chi connectivity index (χ1n) is 13.2. The van der Waals surface area contributed by atoms with Crippen molar-refractivity contribution in [2.24, 2.45) is 18.6 Å². The Labute approximate surface area is 231 Å². The van der Waals surface area contributed by atoms with Gasteiger partial charge in [-0.2, -0.15) is 5.10 Å². The highest BCUT2D eigenvalue weighted by Gasteiger charge is 2.24. The van der Waals surface area contributed by atoms with Crippen LogP contribution in [0.1, 0.15) is 65.5 Å². The minimum absolute atomic E-state index is 0.0918. The molecule has 1 aromatic heterocycles. The molecule has 1 aliphatic heterocycles. The Morgan fingerprint density at radius 2 is 1.92 bits per heavy atom. The number of nitrogens with one attached hydrogen (secondary N) is 1. The van der Waals surface area contributed by atoms with Gasteiger partial charge in [0.05, 0.1) is 30.4 Å². The average molecular weight is 532 g/mol. The van der Waals surface area contributed by atoms with Crippen LogP contribution in [0.3, 0.4) is 0 Å². The summed E-state index contributed by atoms with van der Waals surface area (Å²) in [7, 11) is 3.51. The molecule has 5 N–H and O–H groups in total. The SMILES string of the molecule is COc1c(CN2CCC2)cc(C(C)(C)C)cc1NC(=O)c1ccc(C)c(N(N)/C=C(\N)c2cnn(C)c2C)c1. The van der Waals surface area contributed by atoms with Crippen LogP contribution in [0.2, 0.25) is 0 Å². The fourth-order valence-corrected chi connectivity index (χ4v) is 4.65. The van der Waals surface area contributed by atoms with Gasteiger partial charge in [0.1, 0.15) is 5.75 Å². The number of hydrazine groups is 1. The Bertz CT molecular complexity index is 1400. The van der Waals surface area contributed by atoms with Crippen molar-refractivity contribution in [3.05, 3.63) is 76.2 Å². The fraction of sp³-hybridized carbons (Fsp3) is 0.400. The molecule has 1 amide bonds. The van der Waals surface area contributed by atoms with Crippen molar-refractivity contribution in [3.63, 3.8) is 0 Å². The summed E-state index contributed by atoms with van der Waals surface area (Å²) in [6.45, 7) is 13.3. The van der Waals surface area contributed by atoms with E-state index in [0.717, 1.165) is 47.6 Å². The smallest absolute Gasteiger partial charge is 0.255 e. The maximum atomic E-state index is 13.5. The first-order chi connectivity index (χ1) is 18.4. The quantitative estimate of drug-likeness (QED) is 0.291. The van der Waals surface area contributed by atoms with E-state index in [4.69, 9.17) is 16.3 Å². The van der Waals surface area contributed by atoms with Gasteiger partial charge < -0.3 is 15.8 Å². The average Bonchev–Trinajstić information content (AvgIpc) is 3.18. The molecule has 0 radical (unpaired) electrons. The number of hydrogen-bond donors (Lipinski definition) is 3. The molecular weight excluding hydrogens is 490 g/mol. The number of benzene rings is 2. The maximum absolute atomic E-state index is 13.5. The summed E-state index contributed by atoms with van der Waals surface area (Å²) in [4.78, 5) is 15.9. The maximum Gasteiger partial charge on any atom is 0.255 e. The van der Waals surface area contributed by atoms with Crippen molar-refractivity contribution in [1.82, 2.24) is 14.7 Å². The van der Waals surface area contributed by atoms with Crippen LogP contribution in [0.5, 0.6) is 5.75 Å². The normalized spacial score (nSPS) is 14.2. The molecule has 3 aromatic rings. The molecule has 0 unspecified atom stereocenters. The van der Waals surface area contributed by atoms with Crippen LogP contribution in [0.25, 0.3) is 5.70 Å². The molecule has 39 heavy (non-hydrogen) atoms. The number of anilines is 2. The number of amides is 1. The molecular formula is C30H41N7O2. The second-order valence-electron chi connectivity index (χ2n) is 11.3. The van der Waals surface area contributed by atoms with Gasteiger partial charge in [0, 0.05) is 42.2 Å². The van der Waals surface area contributed by atoms with E-state index >= 15 is 0 Å². The number of ether oxygens (including phenoxy) is 1. The third kappa shape index (κ3) is 6.10. The van der Waals surface area contributed by atoms with E-state index in [2.05, 4.69) is 42.2 Å². The van der Waals surface area contributed by atoms with Gasteiger partial charge in [-0.1, -0.05) is 32.9 Å². The lowest BCUT2D eigenvalue weighted by Crippen LogP contribution is -2.36. The van der Waals surface area contributed by atoms with Crippen molar-refractivity contribution >= 4 is 23.0 Å². The molecule has 2 heterocycles. The summed E-state index contributed by atoms with van der Waals surface area (Å²) in [6, 6.07) is 9.65. The molecule has 0 atom stereocenters. The molecule has 1 fully saturated rings. The first kappa shape index (κ1) is 28.2. The predicted molar refractivity (Wildman–Crippen MR) is 157 cm³/mol. The third-order valence-corrected chi connectivity index (χ3v) is 7.40. The number of nitrogens with two attached hydrogens (primary N) is 2. The predicted octanol–water partition coefficient (Wildman–Crippen LogP) is 4.44. The Morgan fingerprint density at radius 1 is 1.21 bits per heavy atom. The number of carbonyl (C=O) groups is 1. The molecule has 4 rings (SSSR count). The van der Waals surface area contributed by atoms with Crippen molar-refractivity contribution < 1.29 is 9.53 Å². The first-order valence-corrected chi connectivity index (χ1v) is 13.2. The molecule has 1 aliphatic rings. The van der Waals surface area contributed by atoms with Gasteiger partial charge in [-0.25, -0.2) is 5.84 Å². The molecule has 208 valence electrons. The van der Waals surface area contributed by atoms with E-state index in [-0.39, 0.29) is 11.3 Å². The topological polar surface area (TPSA) is 115 Å². The summed E-state index contributed by atoms with van der Waals surface area (Å²) in [5.41, 5.74) is 13.4. The summed E-state index contributed by atoms with van der Waals surface area (Å²) < 4.78 is 7.59. The number of carbonyl (C=O) groups excluding carboxylic acids is 1. The van der Waals surface area contributed by atoms with Crippen LogP contribution in [0, 0.1) is 13.8 Å². The van der Waals surface area contributed by atoms with Crippen molar-refractivity contribution in [2.45, 2.75) is 53.0 Å². The van der Waals surface area contributed by atoms with Gasteiger partial charge in [-0.05, 0) is 68.1 Å². The minimum atomic E-state index is -0.246. The third-order valence-electron chi connectivity index (χ3n) is 7.40. The van der Waals surface area contributed by atoms with Crippen molar-refractivity contribution in [2.75, 3.05) is 30.5 Å². The second kappa shape index (κ2) is 11.1. The van der Waals surface area contributed by atoms with Gasteiger partial charge in [0.2, 0.25) is 0 Å². The standard InChI is InChI=1S/C30H41N7O2/c1-19-9-10-21(14-27(19)37(32)18-25(31)24-16-33-35(6)20(24)2)29(38)34-26-15-23(30(3,4)5)13-22(28(26)39-7)17-36-11-8-12-36/h9-10,13-16,18H,8,11-12,17,31-32H2,1-7H3,(H,34,38)/b25-18-. The number of hydrogen-bond acceptors (Lipinski definition) is 7. The van der Waals surface area contributed by atoms with Gasteiger partial charge in [-0.3, -0.25) is 19.4 Å². The Balaban J connectivity index is 1.64. The Morgan fingerprint density at radius 3 is 2.49 bits per heavy atom. The zero-order chi connectivity index (χ0) is 28.5. The summed E-state index contributed by atoms with van der Waals surface area (Å²) in [5.74, 6) is 6.85. The van der Waals surface area contributed by atoms with Crippen LogP contribution in [-0.2, 0) is 19.0 Å². The lowest BCUT2D eigenvalue weighted by Gasteiger charge is -2.32. The van der Waals surface area contributed by atoms with Crippen LogP contribution in [0.4, 0.5) is 11.4 Å². The largest absolute Gasteiger partial charge is 0.494 e. The molecule has 0 saturated carbocycles.